The third kappa shape index (κ3) is 12.6. The van der Waals surface area contributed by atoms with Gasteiger partial charge in [-0.25, -0.2) is 0 Å². The summed E-state index contributed by atoms with van der Waals surface area (Å²) in [4.78, 5) is 118. The van der Waals surface area contributed by atoms with Crippen molar-refractivity contribution in [3.8, 4) is 0 Å². The SMILES string of the molecule is CN[C@@H](C)C(=O)N[C@H](C(=O)N1C[C@@H](NC(=O)[C@H]2CC[C@@](C)(C(=O)N[C@H]3C[C@@H](C(=O)N[C@@H]4CCCc5ccccc54)N(C(=O)[C@@H](NC(=O)[C@H](C)NC)C(C)(C)C)C3)C2(C)C)C[C@H]1C(=O)N[C@@H]1CCCc2ccccc21)C(C)(C)C. The van der Waals surface area contributed by atoms with E-state index in [2.05, 4.69) is 54.7 Å². The predicted octanol–water partition coefficient (Wildman–Crippen LogP) is 4.27. The quantitative estimate of drug-likeness (QED) is 0.119. The van der Waals surface area contributed by atoms with Crippen molar-refractivity contribution in [3.05, 3.63) is 70.8 Å². The Balaban J connectivity index is 1.09. The maximum atomic E-state index is 14.9. The van der Waals surface area contributed by atoms with Crippen LogP contribution < -0.4 is 42.5 Å². The van der Waals surface area contributed by atoms with Crippen LogP contribution in [0, 0.1) is 27.6 Å². The molecular weight excluding hydrogens is 989 g/mol. The Kier molecular flexibility index (Phi) is 18.3. The summed E-state index contributed by atoms with van der Waals surface area (Å²) >= 11 is 0. The van der Waals surface area contributed by atoms with Gasteiger partial charge in [0.1, 0.15) is 24.2 Å². The van der Waals surface area contributed by atoms with Crippen LogP contribution in [0.25, 0.3) is 0 Å². The average molecular weight is 1080 g/mol. The molecule has 5 aliphatic rings. The van der Waals surface area contributed by atoms with Gasteiger partial charge in [0.25, 0.3) is 0 Å². The summed E-state index contributed by atoms with van der Waals surface area (Å²) < 4.78 is 0. The predicted molar refractivity (Wildman–Crippen MR) is 299 cm³/mol. The molecule has 3 fully saturated rings. The molecule has 428 valence electrons. The lowest BCUT2D eigenvalue weighted by molar-refractivity contribution is -0.144. The molecule has 2 aromatic rings. The van der Waals surface area contributed by atoms with Gasteiger partial charge in [0.05, 0.1) is 29.6 Å². The van der Waals surface area contributed by atoms with Gasteiger partial charge in [0.2, 0.25) is 47.3 Å². The van der Waals surface area contributed by atoms with Crippen LogP contribution in [0.15, 0.2) is 48.5 Å². The number of amides is 8. The van der Waals surface area contributed by atoms with E-state index in [9.17, 15) is 38.4 Å². The Morgan fingerprint density at radius 1 is 0.564 bits per heavy atom. The van der Waals surface area contributed by atoms with Gasteiger partial charge in [0.15, 0.2) is 0 Å². The third-order valence-corrected chi connectivity index (χ3v) is 18.3. The normalized spacial score (nSPS) is 27.2. The van der Waals surface area contributed by atoms with Gasteiger partial charge in [-0.05, 0) is 131 Å². The maximum absolute atomic E-state index is 14.9. The monoisotopic (exact) mass is 1080 g/mol. The largest absolute Gasteiger partial charge is 0.351 e. The van der Waals surface area contributed by atoms with E-state index in [4.69, 9.17) is 0 Å². The third-order valence-electron chi connectivity index (χ3n) is 18.3. The van der Waals surface area contributed by atoms with Crippen molar-refractivity contribution in [3.63, 3.8) is 0 Å². The lowest BCUT2D eigenvalue weighted by Crippen LogP contribution is -2.60. The van der Waals surface area contributed by atoms with Crippen molar-refractivity contribution < 1.29 is 38.4 Å². The Morgan fingerprint density at radius 3 is 1.38 bits per heavy atom. The molecule has 7 rings (SSSR count). The highest BCUT2D eigenvalue weighted by molar-refractivity contribution is 5.96. The van der Waals surface area contributed by atoms with Crippen molar-refractivity contribution in [2.75, 3.05) is 27.2 Å². The molecule has 1 saturated carbocycles. The van der Waals surface area contributed by atoms with Crippen molar-refractivity contribution >= 4 is 47.3 Å². The minimum Gasteiger partial charge on any atom is -0.351 e. The highest BCUT2D eigenvalue weighted by atomic mass is 16.2. The number of nitrogens with zero attached hydrogens (tertiary/aromatic N) is 2. The van der Waals surface area contributed by atoms with E-state index >= 15 is 0 Å². The highest BCUT2D eigenvalue weighted by Gasteiger charge is 2.59. The number of aryl methyl sites for hydroxylation is 2. The molecule has 0 spiro atoms. The molecule has 12 atom stereocenters. The molecule has 3 aliphatic carbocycles. The molecule has 78 heavy (non-hydrogen) atoms. The molecule has 18 heteroatoms. The maximum Gasteiger partial charge on any atom is 0.246 e. The molecule has 2 saturated heterocycles. The fourth-order valence-electron chi connectivity index (χ4n) is 12.6. The zero-order valence-electron chi connectivity index (χ0n) is 48.6. The first-order valence-electron chi connectivity index (χ1n) is 28.5. The summed E-state index contributed by atoms with van der Waals surface area (Å²) in [5, 5.41) is 24.7. The minimum absolute atomic E-state index is 0.0293. The zero-order valence-corrected chi connectivity index (χ0v) is 48.6. The lowest BCUT2D eigenvalue weighted by Gasteiger charge is -2.40. The van der Waals surface area contributed by atoms with E-state index in [1.165, 1.54) is 20.9 Å². The highest BCUT2D eigenvalue weighted by Crippen LogP contribution is 2.56. The number of benzene rings is 2. The van der Waals surface area contributed by atoms with Crippen LogP contribution in [-0.2, 0) is 51.2 Å². The Hall–Kier alpha value is -5.88. The summed E-state index contributed by atoms with van der Waals surface area (Å²) in [5.74, 6) is -3.44. The first-order chi connectivity index (χ1) is 36.6. The van der Waals surface area contributed by atoms with Crippen molar-refractivity contribution in [1.82, 2.24) is 52.3 Å². The molecule has 0 radical (unpaired) electrons. The Labute approximate surface area is 462 Å². The number of likely N-dealkylation sites (N-methyl/N-ethyl adjacent to an activating group) is 2. The van der Waals surface area contributed by atoms with Crippen LogP contribution >= 0.6 is 0 Å². The second-order valence-corrected chi connectivity index (χ2v) is 25.9. The van der Waals surface area contributed by atoms with Gasteiger partial charge >= 0.3 is 0 Å². The number of rotatable bonds is 16. The minimum atomic E-state index is -1.07. The summed E-state index contributed by atoms with van der Waals surface area (Å²) in [6, 6.07) is 9.36. The van der Waals surface area contributed by atoms with Crippen LogP contribution in [0.1, 0.15) is 162 Å². The van der Waals surface area contributed by atoms with E-state index in [0.29, 0.717) is 12.8 Å². The number of hydrogen-bond acceptors (Lipinski definition) is 10. The molecule has 0 aromatic heterocycles. The topological polar surface area (TPSA) is 239 Å². The Bertz CT molecular complexity index is 2590. The smallest absolute Gasteiger partial charge is 0.246 e. The first kappa shape index (κ1) is 59.8. The molecule has 0 bridgehead atoms. The molecule has 8 amide bonds. The van der Waals surface area contributed by atoms with Gasteiger partial charge in [-0.2, -0.15) is 0 Å². The number of carbonyl (C=O) groups excluding carboxylic acids is 8. The standard InChI is InChI=1S/C60H90N10O8/c1-34(61-12)49(71)67-47(57(3,4)5)54(76)69-32-38(30-45(69)52(74)65-43-26-18-22-36-20-14-16-24-40(36)43)63-51(73)42-28-29-60(11,59(42,9)10)56(78)64-39-31-46(53(75)66-44-27-19-23-37-21-15-17-25-41(37)44)70(33-39)55(77)48(58(6,7)8)68-50(72)35(2)62-13/h14-17,20-21,24-25,34-35,38-39,42-48,61-62H,18-19,22-23,26-33H2,1-13H3,(H,63,73)(H,64,78)(H,65,74)(H,66,75)(H,67,71)(H,68,72)/t34-,35-,38-,39-,42+,43+,44+,45-,46-,47+,48+,60-/m0/s1. The van der Waals surface area contributed by atoms with E-state index in [-0.39, 0.29) is 73.5 Å². The molecule has 0 unspecified atom stereocenters. The zero-order chi connectivity index (χ0) is 57.2. The number of fused-ring (bicyclic) bond motifs is 2. The van der Waals surface area contributed by atoms with E-state index in [0.717, 1.165) is 49.7 Å². The van der Waals surface area contributed by atoms with Crippen LogP contribution in [-0.4, -0.2) is 133 Å². The lowest BCUT2D eigenvalue weighted by atomic mass is 9.65. The van der Waals surface area contributed by atoms with Crippen LogP contribution in [0.5, 0.6) is 0 Å². The first-order valence-corrected chi connectivity index (χ1v) is 28.5. The van der Waals surface area contributed by atoms with Gasteiger partial charge < -0.3 is 52.3 Å². The van der Waals surface area contributed by atoms with Crippen molar-refractivity contribution in [1.29, 1.82) is 0 Å². The summed E-state index contributed by atoms with van der Waals surface area (Å²) in [5.41, 5.74) is 1.00. The second-order valence-electron chi connectivity index (χ2n) is 25.9. The van der Waals surface area contributed by atoms with E-state index in [1.807, 2.05) is 98.7 Å². The van der Waals surface area contributed by atoms with Crippen LogP contribution in [0.4, 0.5) is 0 Å². The molecule has 18 nitrogen and oxygen atoms in total. The van der Waals surface area contributed by atoms with E-state index in [1.54, 1.807) is 27.9 Å². The molecule has 2 heterocycles. The van der Waals surface area contributed by atoms with Crippen molar-refractivity contribution in [2.45, 2.75) is 201 Å². The number of carbonyl (C=O) groups is 8. The summed E-state index contributed by atoms with van der Waals surface area (Å²) in [7, 11) is 3.33. The fraction of sp³-hybridized carbons (Fsp3) is 0.667. The van der Waals surface area contributed by atoms with Crippen LogP contribution in [0.2, 0.25) is 0 Å². The fourth-order valence-corrected chi connectivity index (χ4v) is 12.6. The van der Waals surface area contributed by atoms with E-state index < -0.39 is 87.7 Å². The number of hydrogen-bond donors (Lipinski definition) is 8. The summed E-state index contributed by atoms with van der Waals surface area (Å²) in [6.07, 6.45) is 6.13. The molecule has 2 aliphatic heterocycles. The molecule has 2 aromatic carbocycles. The van der Waals surface area contributed by atoms with Crippen LogP contribution in [0.3, 0.4) is 0 Å². The second kappa shape index (κ2) is 23.8. The average Bonchev–Trinajstić information content (AvgIpc) is 4.17. The van der Waals surface area contributed by atoms with Gasteiger partial charge in [-0.1, -0.05) is 111 Å². The number of nitrogens with one attached hydrogen (secondary N) is 8. The Morgan fingerprint density at radius 2 is 0.974 bits per heavy atom. The number of likely N-dealkylation sites (tertiary alicyclic amines) is 2. The van der Waals surface area contributed by atoms with Gasteiger partial charge in [-0.3, -0.25) is 38.4 Å². The summed E-state index contributed by atoms with van der Waals surface area (Å²) in [6.45, 7) is 20.4. The molecular formula is C60H90N10O8. The molecule has 8 N–H and O–H groups in total. The van der Waals surface area contributed by atoms with Gasteiger partial charge in [-0.15, -0.1) is 0 Å². The van der Waals surface area contributed by atoms with Gasteiger partial charge in [0, 0.05) is 31.1 Å². The van der Waals surface area contributed by atoms with Crippen molar-refractivity contribution in [2.24, 2.45) is 27.6 Å².